The van der Waals surface area contributed by atoms with Crippen molar-refractivity contribution < 1.29 is 18.7 Å². The van der Waals surface area contributed by atoms with Gasteiger partial charge in [-0.1, -0.05) is 41.6 Å². The second-order valence-corrected chi connectivity index (χ2v) is 9.21. The largest absolute Gasteiger partial charge is 0.505 e. The monoisotopic (exact) mass is 509 g/mol. The first-order valence-electron chi connectivity index (χ1n) is 10.4. The van der Waals surface area contributed by atoms with Crippen LogP contribution < -0.4 is 15.9 Å². The number of benzene rings is 3. The van der Waals surface area contributed by atoms with Gasteiger partial charge in [-0.2, -0.15) is 0 Å². The molecule has 0 bridgehead atoms. The summed E-state index contributed by atoms with van der Waals surface area (Å²) in [6.45, 7) is -0.108. The zero-order valence-electron chi connectivity index (χ0n) is 18.2. The molecule has 0 radical (unpaired) electrons. The molecule has 0 atom stereocenters. The first-order valence-corrected chi connectivity index (χ1v) is 11.6. The van der Waals surface area contributed by atoms with Gasteiger partial charge < -0.3 is 18.8 Å². The van der Waals surface area contributed by atoms with Gasteiger partial charge in [-0.15, -0.1) is 0 Å². The van der Waals surface area contributed by atoms with Crippen LogP contribution in [0.25, 0.3) is 21.9 Å². The molecule has 2 heterocycles. The lowest BCUT2D eigenvalue weighted by Gasteiger charge is -2.15. The molecular formula is C26H17ClFNO5S. The molecule has 0 spiro atoms. The molecule has 0 aliphatic rings. The van der Waals surface area contributed by atoms with Crippen molar-refractivity contribution >= 4 is 45.2 Å². The maximum Gasteiger partial charge on any atom is 0.354 e. The van der Waals surface area contributed by atoms with Crippen molar-refractivity contribution in [2.75, 3.05) is 7.11 Å². The van der Waals surface area contributed by atoms with Gasteiger partial charge in [0.15, 0.2) is 11.3 Å². The summed E-state index contributed by atoms with van der Waals surface area (Å²) in [5, 5.41) is 11.9. The molecule has 176 valence electrons. The summed E-state index contributed by atoms with van der Waals surface area (Å²) in [5.74, 6) is -0.514. The first-order chi connectivity index (χ1) is 16.9. The molecule has 3 aromatic carbocycles. The Kier molecular flexibility index (Phi) is 6.00. The van der Waals surface area contributed by atoms with Crippen LogP contribution in [0, 0.1) is 5.82 Å². The maximum absolute atomic E-state index is 14.5. The van der Waals surface area contributed by atoms with Crippen LogP contribution in [0.15, 0.2) is 90.5 Å². The molecule has 0 aliphatic carbocycles. The second-order valence-electron chi connectivity index (χ2n) is 7.69. The van der Waals surface area contributed by atoms with Crippen molar-refractivity contribution in [3.05, 3.63) is 104 Å². The summed E-state index contributed by atoms with van der Waals surface area (Å²) >= 11 is 6.88. The standard InChI is InChI=1S/C26H17ClFNO5S/c1-33-16-8-11-18-20(12-16)29(13-14-4-2-3-5-19(14)28)25(31)21-22(30)24(26(32)34-23(18)21)35-17-9-6-15(27)7-10-17/h2-12,30H,13H2,1H3. The zero-order chi connectivity index (χ0) is 24.7. The summed E-state index contributed by atoms with van der Waals surface area (Å²) in [6, 6.07) is 17.6. The summed E-state index contributed by atoms with van der Waals surface area (Å²) in [4.78, 5) is 27.0. The van der Waals surface area contributed by atoms with E-state index >= 15 is 0 Å². The highest BCUT2D eigenvalue weighted by molar-refractivity contribution is 7.99. The number of fused-ring (bicyclic) bond motifs is 3. The van der Waals surface area contributed by atoms with E-state index in [0.717, 1.165) is 11.8 Å². The lowest BCUT2D eigenvalue weighted by Crippen LogP contribution is -2.23. The van der Waals surface area contributed by atoms with Crippen LogP contribution >= 0.6 is 23.4 Å². The Balaban J connectivity index is 1.81. The van der Waals surface area contributed by atoms with Gasteiger partial charge in [-0.3, -0.25) is 4.79 Å². The Hall–Kier alpha value is -3.75. The average molecular weight is 510 g/mol. The maximum atomic E-state index is 14.5. The zero-order valence-corrected chi connectivity index (χ0v) is 19.8. The fourth-order valence-electron chi connectivity index (χ4n) is 3.86. The van der Waals surface area contributed by atoms with Crippen molar-refractivity contribution in [1.82, 2.24) is 4.57 Å². The minimum absolute atomic E-state index is 0.0552. The minimum Gasteiger partial charge on any atom is -0.505 e. The van der Waals surface area contributed by atoms with E-state index in [1.165, 1.54) is 17.7 Å². The van der Waals surface area contributed by atoms with Crippen LogP contribution in [0.3, 0.4) is 0 Å². The molecule has 2 aromatic heterocycles. The van der Waals surface area contributed by atoms with Gasteiger partial charge in [0.2, 0.25) is 0 Å². The van der Waals surface area contributed by atoms with Crippen LogP contribution in [-0.4, -0.2) is 16.8 Å². The number of nitrogens with zero attached hydrogens (tertiary/aromatic N) is 1. The third kappa shape index (κ3) is 4.15. The van der Waals surface area contributed by atoms with Crippen LogP contribution in [-0.2, 0) is 6.54 Å². The molecule has 35 heavy (non-hydrogen) atoms. The fraction of sp³-hybridized carbons (Fsp3) is 0.0769. The molecular weight excluding hydrogens is 493 g/mol. The van der Waals surface area contributed by atoms with Gasteiger partial charge in [-0.05, 0) is 42.5 Å². The van der Waals surface area contributed by atoms with E-state index in [2.05, 4.69) is 0 Å². The normalized spacial score (nSPS) is 11.3. The smallest absolute Gasteiger partial charge is 0.354 e. The summed E-state index contributed by atoms with van der Waals surface area (Å²) in [6.07, 6.45) is 0. The molecule has 5 rings (SSSR count). The van der Waals surface area contributed by atoms with Gasteiger partial charge in [0.05, 0.1) is 19.2 Å². The predicted molar refractivity (Wildman–Crippen MR) is 134 cm³/mol. The molecule has 0 aliphatic heterocycles. The lowest BCUT2D eigenvalue weighted by atomic mass is 10.1. The second kappa shape index (κ2) is 9.13. The Bertz CT molecular complexity index is 1710. The molecule has 9 heteroatoms. The Morgan fingerprint density at radius 2 is 1.83 bits per heavy atom. The van der Waals surface area contributed by atoms with E-state index in [4.69, 9.17) is 20.8 Å². The Labute approximate surface area is 207 Å². The van der Waals surface area contributed by atoms with Crippen LogP contribution in [0.1, 0.15) is 5.56 Å². The summed E-state index contributed by atoms with van der Waals surface area (Å²) < 4.78 is 26.7. The van der Waals surface area contributed by atoms with Crippen LogP contribution in [0.5, 0.6) is 11.5 Å². The molecule has 0 fully saturated rings. The van der Waals surface area contributed by atoms with E-state index in [0.29, 0.717) is 26.6 Å². The van der Waals surface area contributed by atoms with E-state index < -0.39 is 22.8 Å². The SMILES string of the molecule is COc1ccc2c3oc(=O)c(Sc4ccc(Cl)cc4)c(O)c3c(=O)n(Cc3ccccc3F)c2c1. The van der Waals surface area contributed by atoms with E-state index in [1.54, 1.807) is 60.7 Å². The summed E-state index contributed by atoms with van der Waals surface area (Å²) in [7, 11) is 1.48. The molecule has 6 nitrogen and oxygen atoms in total. The molecule has 1 N–H and O–H groups in total. The summed E-state index contributed by atoms with van der Waals surface area (Å²) in [5.41, 5.74) is -0.835. The number of pyridine rings is 1. The van der Waals surface area contributed by atoms with Gasteiger partial charge in [0.1, 0.15) is 21.8 Å². The quantitative estimate of drug-likeness (QED) is 0.301. The van der Waals surface area contributed by atoms with E-state index in [1.807, 2.05) is 0 Å². The topological polar surface area (TPSA) is 81.7 Å². The van der Waals surface area contributed by atoms with Crippen molar-refractivity contribution in [3.8, 4) is 11.5 Å². The number of methoxy groups -OCH3 is 1. The third-order valence-corrected chi connectivity index (χ3v) is 6.90. The number of ether oxygens (including phenoxy) is 1. The number of rotatable bonds is 5. The highest BCUT2D eigenvalue weighted by atomic mass is 35.5. The fourth-order valence-corrected chi connectivity index (χ4v) is 4.82. The molecule has 0 amide bonds. The number of aromatic hydroxyl groups is 1. The predicted octanol–water partition coefficient (Wildman–Crippen LogP) is 5.81. The van der Waals surface area contributed by atoms with E-state index in [-0.39, 0.29) is 28.0 Å². The first kappa shape index (κ1) is 23.0. The minimum atomic E-state index is -0.793. The van der Waals surface area contributed by atoms with Crippen molar-refractivity contribution in [2.45, 2.75) is 16.3 Å². The van der Waals surface area contributed by atoms with Crippen molar-refractivity contribution in [2.24, 2.45) is 0 Å². The average Bonchev–Trinajstić information content (AvgIpc) is 2.85. The molecule has 0 saturated heterocycles. The number of hydrogen-bond donors (Lipinski definition) is 1. The van der Waals surface area contributed by atoms with Crippen LogP contribution in [0.4, 0.5) is 4.39 Å². The highest BCUT2D eigenvalue weighted by Gasteiger charge is 2.23. The van der Waals surface area contributed by atoms with Gasteiger partial charge in [0.25, 0.3) is 5.56 Å². The van der Waals surface area contributed by atoms with Gasteiger partial charge in [-0.25, -0.2) is 9.18 Å². The van der Waals surface area contributed by atoms with Crippen LogP contribution in [0.2, 0.25) is 5.02 Å². The molecule has 5 aromatic rings. The van der Waals surface area contributed by atoms with Crippen molar-refractivity contribution in [3.63, 3.8) is 0 Å². The highest BCUT2D eigenvalue weighted by Crippen LogP contribution is 2.38. The van der Waals surface area contributed by atoms with Crippen molar-refractivity contribution in [1.29, 1.82) is 0 Å². The van der Waals surface area contributed by atoms with E-state index in [9.17, 15) is 19.1 Å². The lowest BCUT2D eigenvalue weighted by molar-refractivity contribution is 0.415. The number of halogens is 2. The molecule has 0 saturated carbocycles. The molecule has 0 unspecified atom stereocenters. The Morgan fingerprint density at radius 3 is 2.54 bits per heavy atom. The Morgan fingerprint density at radius 1 is 1.09 bits per heavy atom. The number of hydrogen-bond acceptors (Lipinski definition) is 6. The third-order valence-electron chi connectivity index (χ3n) is 5.58. The van der Waals surface area contributed by atoms with Gasteiger partial charge >= 0.3 is 5.63 Å². The number of aromatic nitrogens is 1. The van der Waals surface area contributed by atoms with Gasteiger partial charge in [0, 0.05) is 26.9 Å².